The van der Waals surface area contributed by atoms with Gasteiger partial charge in [-0.25, -0.2) is 0 Å². The molecule has 1 fully saturated rings. The molecule has 1 aliphatic heterocycles. The molecule has 0 saturated carbocycles. The second-order valence-corrected chi connectivity index (χ2v) is 7.24. The monoisotopic (exact) mass is 504 g/mol. The Bertz CT molecular complexity index is 577. The fraction of sp³-hybridized carbons (Fsp3) is 0.667. The summed E-state index contributed by atoms with van der Waals surface area (Å²) in [6.07, 6.45) is 2.46. The van der Waals surface area contributed by atoms with Crippen LogP contribution in [-0.2, 0) is 4.74 Å². The number of para-hydroxylation sites is 1. The molecular formula is C21H37IN4O2. The number of likely N-dealkylation sites (tertiary alicyclic amines) is 1. The van der Waals surface area contributed by atoms with Crippen molar-refractivity contribution >= 4 is 29.9 Å². The second kappa shape index (κ2) is 14.0. The number of ether oxygens (including phenoxy) is 2. The van der Waals surface area contributed by atoms with Crippen molar-refractivity contribution in [3.63, 3.8) is 0 Å². The predicted octanol–water partition coefficient (Wildman–Crippen LogP) is 2.86. The van der Waals surface area contributed by atoms with Crippen LogP contribution in [-0.4, -0.2) is 82.9 Å². The lowest BCUT2D eigenvalue weighted by Crippen LogP contribution is -2.44. The minimum Gasteiger partial charge on any atom is -0.491 e. The highest BCUT2D eigenvalue weighted by atomic mass is 127. The van der Waals surface area contributed by atoms with Gasteiger partial charge in [-0.15, -0.1) is 24.0 Å². The van der Waals surface area contributed by atoms with Crippen LogP contribution in [0.1, 0.15) is 18.4 Å². The topological polar surface area (TPSA) is 49.3 Å². The van der Waals surface area contributed by atoms with Crippen molar-refractivity contribution in [2.45, 2.75) is 19.8 Å². The van der Waals surface area contributed by atoms with E-state index in [4.69, 9.17) is 9.47 Å². The first-order valence-electron chi connectivity index (χ1n) is 9.95. The molecule has 0 bridgehead atoms. The summed E-state index contributed by atoms with van der Waals surface area (Å²) in [6.45, 7) is 8.67. The molecule has 1 aromatic rings. The number of likely N-dealkylation sites (N-methyl/N-ethyl adjacent to an activating group) is 1. The van der Waals surface area contributed by atoms with Crippen molar-refractivity contribution in [1.29, 1.82) is 0 Å². The second-order valence-electron chi connectivity index (χ2n) is 7.24. The molecule has 0 aliphatic carbocycles. The van der Waals surface area contributed by atoms with Crippen LogP contribution >= 0.6 is 24.0 Å². The number of benzene rings is 1. The third-order valence-corrected chi connectivity index (χ3v) is 5.22. The van der Waals surface area contributed by atoms with Gasteiger partial charge in [0.05, 0.1) is 13.2 Å². The van der Waals surface area contributed by atoms with Crippen LogP contribution in [0.2, 0.25) is 0 Å². The lowest BCUT2D eigenvalue weighted by atomic mass is 9.97. The van der Waals surface area contributed by atoms with Gasteiger partial charge in [0.15, 0.2) is 5.96 Å². The summed E-state index contributed by atoms with van der Waals surface area (Å²) in [7, 11) is 5.67. The summed E-state index contributed by atoms with van der Waals surface area (Å²) in [4.78, 5) is 9.04. The molecule has 0 unspecified atom stereocenters. The molecule has 2 rings (SSSR count). The molecule has 0 radical (unpaired) electrons. The van der Waals surface area contributed by atoms with Gasteiger partial charge in [-0.3, -0.25) is 4.99 Å². The number of aryl methyl sites for hydroxylation is 1. The Morgan fingerprint density at radius 2 is 1.96 bits per heavy atom. The van der Waals surface area contributed by atoms with Gasteiger partial charge in [0.2, 0.25) is 0 Å². The Balaban J connectivity index is 0.00000392. The first kappa shape index (κ1) is 25.0. The number of hydrogen-bond donors (Lipinski definition) is 1. The van der Waals surface area contributed by atoms with Crippen LogP contribution in [0.25, 0.3) is 0 Å². The first-order chi connectivity index (χ1) is 13.1. The minimum atomic E-state index is 0. The average Bonchev–Trinajstić information content (AvgIpc) is 2.69. The Labute approximate surface area is 187 Å². The Kier molecular flexibility index (Phi) is 12.5. The first-order valence-corrected chi connectivity index (χ1v) is 9.95. The molecule has 160 valence electrons. The SMILES string of the molecule is CN=C(NCC1CCN(CCOC)CC1)N(C)CCOc1ccccc1C.I. The van der Waals surface area contributed by atoms with Gasteiger partial charge in [0, 0.05) is 34.3 Å². The van der Waals surface area contributed by atoms with Gasteiger partial charge in [-0.2, -0.15) is 0 Å². The Morgan fingerprint density at radius 3 is 2.61 bits per heavy atom. The zero-order valence-corrected chi connectivity index (χ0v) is 20.1. The normalized spacial score (nSPS) is 15.8. The molecule has 0 amide bonds. The number of methoxy groups -OCH3 is 1. The van der Waals surface area contributed by atoms with E-state index in [9.17, 15) is 0 Å². The van der Waals surface area contributed by atoms with Gasteiger partial charge in [-0.1, -0.05) is 18.2 Å². The van der Waals surface area contributed by atoms with Gasteiger partial charge >= 0.3 is 0 Å². The van der Waals surface area contributed by atoms with Crippen molar-refractivity contribution in [3.8, 4) is 5.75 Å². The van der Waals surface area contributed by atoms with E-state index in [2.05, 4.69) is 40.1 Å². The van der Waals surface area contributed by atoms with E-state index >= 15 is 0 Å². The molecule has 6 nitrogen and oxygen atoms in total. The number of aliphatic imine (C=N–C) groups is 1. The molecule has 1 heterocycles. The van der Waals surface area contributed by atoms with E-state index in [1.807, 2.05) is 25.2 Å². The summed E-state index contributed by atoms with van der Waals surface area (Å²) in [5.41, 5.74) is 1.17. The van der Waals surface area contributed by atoms with Crippen molar-refractivity contribution in [2.75, 3.05) is 67.1 Å². The van der Waals surface area contributed by atoms with E-state index in [0.29, 0.717) is 12.5 Å². The van der Waals surface area contributed by atoms with Crippen molar-refractivity contribution in [1.82, 2.24) is 15.1 Å². The Hall–Kier alpha value is -1.06. The van der Waals surface area contributed by atoms with E-state index in [0.717, 1.165) is 51.0 Å². The van der Waals surface area contributed by atoms with E-state index < -0.39 is 0 Å². The fourth-order valence-electron chi connectivity index (χ4n) is 3.37. The number of guanidine groups is 1. The van der Waals surface area contributed by atoms with Gasteiger partial charge in [-0.05, 0) is 50.4 Å². The van der Waals surface area contributed by atoms with Crippen LogP contribution in [0.15, 0.2) is 29.3 Å². The van der Waals surface area contributed by atoms with Gasteiger partial charge in [0.1, 0.15) is 12.4 Å². The summed E-state index contributed by atoms with van der Waals surface area (Å²) < 4.78 is 11.1. The average molecular weight is 504 g/mol. The minimum absolute atomic E-state index is 0. The zero-order chi connectivity index (χ0) is 19.5. The van der Waals surface area contributed by atoms with Crippen LogP contribution in [0.3, 0.4) is 0 Å². The zero-order valence-electron chi connectivity index (χ0n) is 17.8. The van der Waals surface area contributed by atoms with E-state index in [-0.39, 0.29) is 24.0 Å². The molecule has 28 heavy (non-hydrogen) atoms. The molecule has 1 N–H and O–H groups in total. The van der Waals surface area contributed by atoms with Crippen LogP contribution < -0.4 is 10.1 Å². The molecule has 1 aliphatic rings. The smallest absolute Gasteiger partial charge is 0.193 e. The van der Waals surface area contributed by atoms with Crippen molar-refractivity contribution < 1.29 is 9.47 Å². The highest BCUT2D eigenvalue weighted by Crippen LogP contribution is 2.17. The molecule has 1 saturated heterocycles. The van der Waals surface area contributed by atoms with Gasteiger partial charge in [0.25, 0.3) is 0 Å². The Morgan fingerprint density at radius 1 is 1.25 bits per heavy atom. The van der Waals surface area contributed by atoms with Crippen molar-refractivity contribution in [3.05, 3.63) is 29.8 Å². The number of piperidine rings is 1. The summed E-state index contributed by atoms with van der Waals surface area (Å²) >= 11 is 0. The molecule has 1 aromatic carbocycles. The maximum absolute atomic E-state index is 5.90. The standard InChI is InChI=1S/C21H36N4O2.HI/c1-18-7-5-6-8-20(18)27-16-13-24(3)21(22-2)23-17-19-9-11-25(12-10-19)14-15-26-4;/h5-8,19H,9-17H2,1-4H3,(H,22,23);1H. The molecule has 0 aromatic heterocycles. The highest BCUT2D eigenvalue weighted by Gasteiger charge is 2.19. The molecule has 7 heteroatoms. The summed E-state index contributed by atoms with van der Waals surface area (Å²) in [6, 6.07) is 8.12. The number of halogens is 1. The van der Waals surface area contributed by atoms with Crippen LogP contribution in [0, 0.1) is 12.8 Å². The van der Waals surface area contributed by atoms with Crippen LogP contribution in [0.5, 0.6) is 5.75 Å². The van der Waals surface area contributed by atoms with E-state index in [1.165, 1.54) is 18.4 Å². The highest BCUT2D eigenvalue weighted by molar-refractivity contribution is 14.0. The molecular weight excluding hydrogens is 467 g/mol. The number of hydrogen-bond acceptors (Lipinski definition) is 4. The number of nitrogens with zero attached hydrogens (tertiary/aromatic N) is 3. The maximum Gasteiger partial charge on any atom is 0.193 e. The third kappa shape index (κ3) is 8.53. The van der Waals surface area contributed by atoms with Crippen LogP contribution in [0.4, 0.5) is 0 Å². The lowest BCUT2D eigenvalue weighted by molar-refractivity contribution is 0.120. The molecule has 0 atom stereocenters. The van der Waals surface area contributed by atoms with Gasteiger partial charge < -0.3 is 24.6 Å². The third-order valence-electron chi connectivity index (χ3n) is 5.22. The van der Waals surface area contributed by atoms with E-state index in [1.54, 1.807) is 7.11 Å². The lowest BCUT2D eigenvalue weighted by Gasteiger charge is -2.32. The maximum atomic E-state index is 5.90. The predicted molar refractivity (Wildman–Crippen MR) is 127 cm³/mol. The summed E-state index contributed by atoms with van der Waals surface area (Å²) in [5.74, 6) is 2.59. The summed E-state index contributed by atoms with van der Waals surface area (Å²) in [5, 5.41) is 3.53. The molecule has 0 spiro atoms. The quantitative estimate of drug-likeness (QED) is 0.319. The fourth-order valence-corrected chi connectivity index (χ4v) is 3.37. The number of rotatable bonds is 9. The largest absolute Gasteiger partial charge is 0.491 e. The van der Waals surface area contributed by atoms with Crippen molar-refractivity contribution in [2.24, 2.45) is 10.9 Å². The number of nitrogens with one attached hydrogen (secondary N) is 1.